The molecule has 4 nitrogen and oxygen atoms in total. The van der Waals surface area contributed by atoms with E-state index in [1.54, 1.807) is 0 Å². The molecular formula is C46H28N4S. The van der Waals surface area contributed by atoms with Crippen molar-refractivity contribution in [2.45, 2.75) is 5.41 Å². The summed E-state index contributed by atoms with van der Waals surface area (Å²) in [6, 6.07) is 60.5. The van der Waals surface area contributed by atoms with E-state index >= 15 is 0 Å². The Morgan fingerprint density at radius 3 is 1.69 bits per heavy atom. The first kappa shape index (κ1) is 28.4. The number of benzene rings is 7. The van der Waals surface area contributed by atoms with E-state index < -0.39 is 5.41 Å². The third-order valence-electron chi connectivity index (χ3n) is 10.5. The molecule has 0 aliphatic heterocycles. The molecule has 0 atom stereocenters. The lowest BCUT2D eigenvalue weighted by molar-refractivity contribution is 0.689. The van der Waals surface area contributed by atoms with E-state index in [2.05, 4.69) is 156 Å². The molecule has 1 aliphatic carbocycles. The van der Waals surface area contributed by atoms with Crippen molar-refractivity contribution < 1.29 is 0 Å². The Hall–Kier alpha value is -6.43. The first-order valence-electron chi connectivity index (χ1n) is 17.2. The Labute approximate surface area is 298 Å². The molecule has 0 unspecified atom stereocenters. The highest BCUT2D eigenvalue weighted by atomic mass is 32.1. The number of hydrogen-bond donors (Lipinski definition) is 0. The lowest BCUT2D eigenvalue weighted by Gasteiger charge is -2.32. The van der Waals surface area contributed by atoms with Crippen molar-refractivity contribution in [1.82, 2.24) is 19.5 Å². The van der Waals surface area contributed by atoms with Crippen LogP contribution in [0, 0.1) is 0 Å². The zero-order chi connectivity index (χ0) is 33.5. The topological polar surface area (TPSA) is 43.6 Å². The Bertz CT molecular complexity index is 2890. The third kappa shape index (κ3) is 3.92. The fraction of sp³-hybridized carbons (Fsp3) is 0.0217. The van der Waals surface area contributed by atoms with Crippen LogP contribution in [0.5, 0.6) is 0 Å². The minimum atomic E-state index is -0.837. The van der Waals surface area contributed by atoms with Crippen LogP contribution in [0.4, 0.5) is 0 Å². The van der Waals surface area contributed by atoms with Crippen LogP contribution < -0.4 is 0 Å². The highest BCUT2D eigenvalue weighted by Crippen LogP contribution is 2.57. The van der Waals surface area contributed by atoms with Crippen molar-refractivity contribution in [2.75, 3.05) is 0 Å². The second kappa shape index (κ2) is 10.8. The zero-order valence-electron chi connectivity index (χ0n) is 27.4. The second-order valence-electron chi connectivity index (χ2n) is 13.1. The van der Waals surface area contributed by atoms with Gasteiger partial charge in [-0.05, 0) is 52.1 Å². The van der Waals surface area contributed by atoms with E-state index in [9.17, 15) is 0 Å². The molecule has 3 aromatic heterocycles. The number of rotatable bonds is 4. The van der Waals surface area contributed by atoms with E-state index in [-0.39, 0.29) is 0 Å². The summed E-state index contributed by atoms with van der Waals surface area (Å²) in [5.41, 5.74) is 8.14. The van der Waals surface area contributed by atoms with Crippen LogP contribution in [0.15, 0.2) is 170 Å². The average molecular weight is 669 g/mol. The van der Waals surface area contributed by atoms with E-state index in [4.69, 9.17) is 15.0 Å². The Kier molecular flexibility index (Phi) is 6.01. The van der Waals surface area contributed by atoms with Crippen LogP contribution in [0.25, 0.3) is 70.4 Å². The fourth-order valence-corrected chi connectivity index (χ4v) is 9.59. The molecule has 5 heteroatoms. The second-order valence-corrected chi connectivity index (χ2v) is 14.2. The van der Waals surface area contributed by atoms with Gasteiger partial charge < -0.3 is 0 Å². The molecule has 0 saturated carbocycles. The zero-order valence-corrected chi connectivity index (χ0v) is 28.2. The van der Waals surface area contributed by atoms with Gasteiger partial charge >= 0.3 is 0 Å². The molecule has 51 heavy (non-hydrogen) atoms. The van der Waals surface area contributed by atoms with Gasteiger partial charge in [0, 0.05) is 36.5 Å². The smallest absolute Gasteiger partial charge is 0.238 e. The van der Waals surface area contributed by atoms with Crippen molar-refractivity contribution in [1.29, 1.82) is 0 Å². The van der Waals surface area contributed by atoms with E-state index in [1.807, 2.05) is 29.5 Å². The quantitative estimate of drug-likeness (QED) is 0.187. The number of aromatic nitrogens is 4. The molecule has 0 bridgehead atoms. The predicted molar refractivity (Wildman–Crippen MR) is 210 cm³/mol. The first-order valence-corrected chi connectivity index (χ1v) is 18.0. The van der Waals surface area contributed by atoms with Crippen LogP contribution in [-0.2, 0) is 5.41 Å². The van der Waals surface area contributed by atoms with Crippen molar-refractivity contribution in [3.05, 3.63) is 192 Å². The van der Waals surface area contributed by atoms with Crippen LogP contribution in [-0.4, -0.2) is 19.5 Å². The summed E-state index contributed by atoms with van der Waals surface area (Å²) in [7, 11) is 0. The van der Waals surface area contributed by atoms with E-state index in [1.165, 1.54) is 48.0 Å². The fourth-order valence-electron chi connectivity index (χ4n) is 8.46. The molecule has 0 N–H and O–H groups in total. The molecule has 0 radical (unpaired) electrons. The van der Waals surface area contributed by atoms with Gasteiger partial charge in [-0.25, -0.2) is 4.98 Å². The maximum absolute atomic E-state index is 5.65. The maximum atomic E-state index is 5.65. The lowest BCUT2D eigenvalue weighted by Crippen LogP contribution is -2.32. The summed E-state index contributed by atoms with van der Waals surface area (Å²) in [6.07, 6.45) is 0. The van der Waals surface area contributed by atoms with Gasteiger partial charge in [0.25, 0.3) is 0 Å². The minimum Gasteiger partial charge on any atom is -0.278 e. The number of hydrogen-bond acceptors (Lipinski definition) is 4. The van der Waals surface area contributed by atoms with Crippen LogP contribution in [0.3, 0.4) is 0 Å². The highest BCUT2D eigenvalue weighted by Gasteiger charge is 2.50. The summed E-state index contributed by atoms with van der Waals surface area (Å²) >= 11 is 1.84. The Balaban J connectivity index is 1.34. The van der Waals surface area contributed by atoms with Gasteiger partial charge in [-0.3, -0.25) is 4.57 Å². The number of fused-ring (bicyclic) bond motifs is 9. The Morgan fingerprint density at radius 2 is 0.980 bits per heavy atom. The van der Waals surface area contributed by atoms with Gasteiger partial charge in [-0.15, -0.1) is 11.3 Å². The summed E-state index contributed by atoms with van der Waals surface area (Å²) < 4.78 is 4.72. The standard InChI is InChI=1S/C46H28N4S/c1-2-15-29(16-3-1)43-47-44(49-45(48-43)50-38-25-11-6-19-32(38)33-20-7-12-26-39(33)50)46(35-22-9-4-17-30(35)31-18-5-10-23-36(31)46)37-24-14-28-41-42(37)34-21-8-13-27-40(34)51-41/h1-28H. The SMILES string of the molecule is c1ccc(-c2nc(-n3c4ccccc4c4ccccc43)nc(C3(c4cccc5sc6ccccc6c45)c4ccccc4-c4ccccc43)n2)cc1. The number of para-hydroxylation sites is 2. The van der Waals surface area contributed by atoms with Gasteiger partial charge in [0.15, 0.2) is 11.6 Å². The third-order valence-corrected chi connectivity index (χ3v) is 11.7. The predicted octanol–water partition coefficient (Wildman–Crippen LogP) is 11.4. The molecular weight excluding hydrogens is 641 g/mol. The molecule has 0 spiro atoms. The van der Waals surface area contributed by atoms with Gasteiger partial charge in [0.1, 0.15) is 5.41 Å². The maximum Gasteiger partial charge on any atom is 0.238 e. The van der Waals surface area contributed by atoms with Crippen molar-refractivity contribution in [3.8, 4) is 28.5 Å². The first-order chi connectivity index (χ1) is 25.3. The molecule has 0 saturated heterocycles. The molecule has 0 amide bonds. The van der Waals surface area contributed by atoms with Crippen molar-refractivity contribution in [2.24, 2.45) is 0 Å². The molecule has 3 heterocycles. The summed E-state index contributed by atoms with van der Waals surface area (Å²) in [4.78, 5) is 16.5. The Morgan fingerprint density at radius 1 is 0.431 bits per heavy atom. The molecule has 0 fully saturated rings. The average Bonchev–Trinajstić information content (AvgIpc) is 3.85. The number of nitrogens with zero attached hydrogens (tertiary/aromatic N) is 4. The van der Waals surface area contributed by atoms with Crippen molar-refractivity contribution >= 4 is 53.3 Å². The summed E-state index contributed by atoms with van der Waals surface area (Å²) in [5, 5.41) is 4.81. The summed E-state index contributed by atoms with van der Waals surface area (Å²) in [5.74, 6) is 1.94. The lowest BCUT2D eigenvalue weighted by atomic mass is 9.70. The van der Waals surface area contributed by atoms with E-state index in [0.29, 0.717) is 17.6 Å². The summed E-state index contributed by atoms with van der Waals surface area (Å²) in [6.45, 7) is 0. The molecule has 11 rings (SSSR count). The van der Waals surface area contributed by atoms with Gasteiger partial charge in [0.2, 0.25) is 5.95 Å². The number of thiophene rings is 1. The molecule has 1 aliphatic rings. The largest absolute Gasteiger partial charge is 0.278 e. The van der Waals surface area contributed by atoms with Crippen molar-refractivity contribution in [3.63, 3.8) is 0 Å². The molecule has 238 valence electrons. The van der Waals surface area contributed by atoms with Gasteiger partial charge in [-0.1, -0.05) is 146 Å². The highest BCUT2D eigenvalue weighted by molar-refractivity contribution is 7.25. The monoisotopic (exact) mass is 668 g/mol. The van der Waals surface area contributed by atoms with Crippen LogP contribution in [0.2, 0.25) is 0 Å². The molecule has 10 aromatic rings. The van der Waals surface area contributed by atoms with E-state index in [0.717, 1.165) is 27.4 Å². The minimum absolute atomic E-state index is 0.597. The van der Waals surface area contributed by atoms with Crippen LogP contribution in [0.1, 0.15) is 22.5 Å². The molecule has 7 aromatic carbocycles. The van der Waals surface area contributed by atoms with Gasteiger partial charge in [-0.2, -0.15) is 9.97 Å². The normalized spacial score (nSPS) is 13.3. The van der Waals surface area contributed by atoms with Crippen LogP contribution >= 0.6 is 11.3 Å². The van der Waals surface area contributed by atoms with Gasteiger partial charge in [0.05, 0.1) is 11.0 Å².